The third-order valence-corrected chi connectivity index (χ3v) is 3.28. The van der Waals surface area contributed by atoms with Gasteiger partial charge in [0.1, 0.15) is 5.75 Å². The Balaban J connectivity index is 1.88. The number of hydrogen-bond donors (Lipinski definition) is 2. The number of thiol groups is 1. The van der Waals surface area contributed by atoms with Crippen molar-refractivity contribution in [3.8, 4) is 5.75 Å². The number of anilines is 1. The number of hydrogen-bond acceptors (Lipinski definition) is 3. The first kappa shape index (κ1) is 14.0. The molecule has 2 aromatic carbocycles. The zero-order chi connectivity index (χ0) is 13.7. The summed E-state index contributed by atoms with van der Waals surface area (Å²) in [6.07, 6.45) is 0. The molecule has 0 radical (unpaired) electrons. The summed E-state index contributed by atoms with van der Waals surface area (Å²) in [6, 6.07) is 14.6. The lowest BCUT2D eigenvalue weighted by atomic mass is 10.3. The molecule has 98 valence electrons. The summed E-state index contributed by atoms with van der Waals surface area (Å²) in [4.78, 5) is 12.4. The number of nitrogens with one attached hydrogen (secondary N) is 1. The van der Waals surface area contributed by atoms with Gasteiger partial charge in [-0.2, -0.15) is 0 Å². The molecular formula is C14H12BrNO2S. The second kappa shape index (κ2) is 6.63. The first-order valence-corrected chi connectivity index (χ1v) is 6.85. The molecule has 0 heterocycles. The number of para-hydroxylation sites is 1. The maximum Gasteiger partial charge on any atom is 0.262 e. The predicted octanol–water partition coefficient (Wildman–Crippen LogP) is 3.76. The Morgan fingerprint density at radius 1 is 1.16 bits per heavy atom. The quantitative estimate of drug-likeness (QED) is 0.834. The van der Waals surface area contributed by atoms with Crippen LogP contribution in [0.1, 0.15) is 0 Å². The van der Waals surface area contributed by atoms with Crippen molar-refractivity contribution in [3.63, 3.8) is 0 Å². The fourth-order valence-corrected chi connectivity index (χ4v) is 1.93. The van der Waals surface area contributed by atoms with E-state index in [2.05, 4.69) is 33.9 Å². The lowest BCUT2D eigenvalue weighted by Crippen LogP contribution is -2.20. The first-order valence-electron chi connectivity index (χ1n) is 5.61. The summed E-state index contributed by atoms with van der Waals surface area (Å²) in [6.45, 7) is -0.0380. The number of amides is 1. The number of ether oxygens (including phenoxy) is 1. The van der Waals surface area contributed by atoms with Gasteiger partial charge in [0.25, 0.3) is 5.91 Å². The molecule has 0 bridgehead atoms. The molecule has 5 heteroatoms. The van der Waals surface area contributed by atoms with E-state index in [1.807, 2.05) is 30.3 Å². The van der Waals surface area contributed by atoms with E-state index in [9.17, 15) is 4.79 Å². The molecule has 0 spiro atoms. The van der Waals surface area contributed by atoms with Crippen molar-refractivity contribution in [3.05, 3.63) is 53.0 Å². The highest BCUT2D eigenvalue weighted by Crippen LogP contribution is 2.19. The van der Waals surface area contributed by atoms with Gasteiger partial charge < -0.3 is 10.1 Å². The molecule has 19 heavy (non-hydrogen) atoms. The molecule has 1 amide bonds. The molecule has 0 unspecified atom stereocenters. The van der Waals surface area contributed by atoms with Crippen molar-refractivity contribution in [1.82, 2.24) is 0 Å². The van der Waals surface area contributed by atoms with Gasteiger partial charge in [0.15, 0.2) is 6.61 Å². The standard InChI is InChI=1S/C14H12BrNO2S/c15-10-5-7-11(8-6-10)18-9-14(17)16-12-3-1-2-4-13(12)19/h1-8,19H,9H2,(H,16,17). The van der Waals surface area contributed by atoms with Crippen LogP contribution in [0, 0.1) is 0 Å². The van der Waals surface area contributed by atoms with Crippen molar-refractivity contribution in [1.29, 1.82) is 0 Å². The second-order valence-electron chi connectivity index (χ2n) is 3.81. The molecule has 0 atom stereocenters. The largest absolute Gasteiger partial charge is 0.484 e. The van der Waals surface area contributed by atoms with Crippen LogP contribution in [0.25, 0.3) is 0 Å². The van der Waals surface area contributed by atoms with Gasteiger partial charge in [0.05, 0.1) is 5.69 Å². The molecule has 0 aromatic heterocycles. The SMILES string of the molecule is O=C(COc1ccc(Br)cc1)Nc1ccccc1S. The summed E-state index contributed by atoms with van der Waals surface area (Å²) in [5.41, 5.74) is 0.676. The van der Waals surface area contributed by atoms with Gasteiger partial charge in [-0.1, -0.05) is 28.1 Å². The van der Waals surface area contributed by atoms with Crippen LogP contribution < -0.4 is 10.1 Å². The molecule has 0 aliphatic carbocycles. The molecule has 0 saturated heterocycles. The topological polar surface area (TPSA) is 38.3 Å². The monoisotopic (exact) mass is 337 g/mol. The number of halogens is 1. The summed E-state index contributed by atoms with van der Waals surface area (Å²) < 4.78 is 6.34. The summed E-state index contributed by atoms with van der Waals surface area (Å²) >= 11 is 7.60. The maximum absolute atomic E-state index is 11.7. The molecule has 0 aliphatic rings. The van der Waals surface area contributed by atoms with Crippen molar-refractivity contribution in [2.24, 2.45) is 0 Å². The second-order valence-corrected chi connectivity index (χ2v) is 5.21. The highest BCUT2D eigenvalue weighted by Gasteiger charge is 2.05. The average molecular weight is 338 g/mol. The lowest BCUT2D eigenvalue weighted by molar-refractivity contribution is -0.118. The van der Waals surface area contributed by atoms with Gasteiger partial charge in [-0.3, -0.25) is 4.79 Å². The molecule has 0 fully saturated rings. The Hall–Kier alpha value is -1.46. The van der Waals surface area contributed by atoms with Crippen molar-refractivity contribution >= 4 is 40.2 Å². The van der Waals surface area contributed by atoms with Crippen LogP contribution in [-0.4, -0.2) is 12.5 Å². The summed E-state index contributed by atoms with van der Waals surface area (Å²) in [5, 5.41) is 2.74. The summed E-state index contributed by atoms with van der Waals surface area (Å²) in [5.74, 6) is 0.432. The fraction of sp³-hybridized carbons (Fsp3) is 0.0714. The number of benzene rings is 2. The minimum Gasteiger partial charge on any atom is -0.484 e. The highest BCUT2D eigenvalue weighted by molar-refractivity contribution is 9.10. The predicted molar refractivity (Wildman–Crippen MR) is 82.0 cm³/mol. The van der Waals surface area contributed by atoms with E-state index in [4.69, 9.17) is 4.74 Å². The van der Waals surface area contributed by atoms with Crippen LogP contribution >= 0.6 is 28.6 Å². The van der Waals surface area contributed by atoms with Gasteiger partial charge >= 0.3 is 0 Å². The molecule has 0 aliphatic heterocycles. The van der Waals surface area contributed by atoms with Crippen LogP contribution in [0.5, 0.6) is 5.75 Å². The Morgan fingerprint density at radius 2 is 1.84 bits per heavy atom. The number of rotatable bonds is 4. The van der Waals surface area contributed by atoms with E-state index < -0.39 is 0 Å². The third kappa shape index (κ3) is 4.29. The van der Waals surface area contributed by atoms with Gasteiger partial charge in [-0.15, -0.1) is 12.6 Å². The van der Waals surface area contributed by atoms with E-state index in [0.29, 0.717) is 11.4 Å². The normalized spacial score (nSPS) is 10.0. The Labute approximate surface area is 125 Å². The average Bonchev–Trinajstić information content (AvgIpc) is 2.41. The molecule has 0 saturated carbocycles. The van der Waals surface area contributed by atoms with Crippen LogP contribution in [-0.2, 0) is 4.79 Å². The van der Waals surface area contributed by atoms with E-state index in [1.54, 1.807) is 18.2 Å². The van der Waals surface area contributed by atoms with E-state index in [1.165, 1.54) is 0 Å². The smallest absolute Gasteiger partial charge is 0.262 e. The Kier molecular flexibility index (Phi) is 4.87. The Morgan fingerprint density at radius 3 is 2.53 bits per heavy atom. The molecule has 1 N–H and O–H groups in total. The zero-order valence-corrected chi connectivity index (χ0v) is 12.4. The minimum atomic E-state index is -0.218. The molecule has 2 aromatic rings. The zero-order valence-electron chi connectivity index (χ0n) is 9.97. The lowest BCUT2D eigenvalue weighted by Gasteiger charge is -2.09. The summed E-state index contributed by atoms with van der Waals surface area (Å²) in [7, 11) is 0. The van der Waals surface area contributed by atoms with Crippen LogP contribution in [0.4, 0.5) is 5.69 Å². The van der Waals surface area contributed by atoms with Crippen LogP contribution in [0.15, 0.2) is 57.9 Å². The van der Waals surface area contributed by atoms with Crippen LogP contribution in [0.3, 0.4) is 0 Å². The van der Waals surface area contributed by atoms with Crippen molar-refractivity contribution in [2.75, 3.05) is 11.9 Å². The molecule has 2 rings (SSSR count). The van der Waals surface area contributed by atoms with Gasteiger partial charge in [-0.05, 0) is 36.4 Å². The van der Waals surface area contributed by atoms with Crippen LogP contribution in [0.2, 0.25) is 0 Å². The first-order chi connectivity index (χ1) is 9.15. The van der Waals surface area contributed by atoms with Crippen molar-refractivity contribution in [2.45, 2.75) is 4.90 Å². The molecule has 3 nitrogen and oxygen atoms in total. The maximum atomic E-state index is 11.7. The Bertz CT molecular complexity index is 572. The van der Waals surface area contributed by atoms with E-state index in [0.717, 1.165) is 9.37 Å². The minimum absolute atomic E-state index is 0.0380. The number of carbonyl (C=O) groups is 1. The highest BCUT2D eigenvalue weighted by atomic mass is 79.9. The molecular weight excluding hydrogens is 326 g/mol. The van der Waals surface area contributed by atoms with Gasteiger partial charge in [0.2, 0.25) is 0 Å². The third-order valence-electron chi connectivity index (χ3n) is 2.36. The van der Waals surface area contributed by atoms with E-state index in [-0.39, 0.29) is 12.5 Å². The number of carbonyl (C=O) groups excluding carboxylic acids is 1. The van der Waals surface area contributed by atoms with Gasteiger partial charge in [-0.25, -0.2) is 0 Å². The van der Waals surface area contributed by atoms with Crippen molar-refractivity contribution < 1.29 is 9.53 Å². The van der Waals surface area contributed by atoms with Gasteiger partial charge in [0, 0.05) is 9.37 Å². The van der Waals surface area contributed by atoms with E-state index >= 15 is 0 Å². The fourth-order valence-electron chi connectivity index (χ4n) is 1.45.